The fourth-order valence-corrected chi connectivity index (χ4v) is 4.27. The topological polar surface area (TPSA) is 135 Å². The summed E-state index contributed by atoms with van der Waals surface area (Å²) >= 11 is 12.1. The average molecular weight is 596 g/mol. The minimum absolute atomic E-state index is 0.214. The molecule has 1 aromatic heterocycles. The van der Waals surface area contributed by atoms with E-state index < -0.39 is 53.0 Å². The lowest BCUT2D eigenvalue weighted by Gasteiger charge is -2.20. The van der Waals surface area contributed by atoms with Gasteiger partial charge in [0.15, 0.2) is 11.9 Å². The molecular weight excluding hydrogens is 574 g/mol. The summed E-state index contributed by atoms with van der Waals surface area (Å²) in [7, 11) is -3.64. The highest BCUT2D eigenvalue weighted by atomic mass is 35.5. The smallest absolute Gasteiger partial charge is 0.382 e. The number of halogens is 5. The molecule has 3 aromatic rings. The van der Waals surface area contributed by atoms with Crippen molar-refractivity contribution in [2.75, 3.05) is 12.8 Å². The Balaban J connectivity index is 1.93. The van der Waals surface area contributed by atoms with Crippen LogP contribution in [0.5, 0.6) is 0 Å². The first-order chi connectivity index (χ1) is 17.7. The third kappa shape index (κ3) is 7.80. The number of alkyl halides is 3. The highest BCUT2D eigenvalue weighted by Gasteiger charge is 2.39. The van der Waals surface area contributed by atoms with Gasteiger partial charge in [-0.25, -0.2) is 22.6 Å². The molecule has 0 saturated carbocycles. The van der Waals surface area contributed by atoms with Crippen LogP contribution in [0.3, 0.4) is 0 Å². The second-order valence-corrected chi connectivity index (χ2v) is 10.9. The predicted octanol–water partition coefficient (Wildman–Crippen LogP) is 2.35. The summed E-state index contributed by atoms with van der Waals surface area (Å²) < 4.78 is 65.8. The van der Waals surface area contributed by atoms with E-state index in [1.165, 1.54) is 30.3 Å². The summed E-state index contributed by atoms with van der Waals surface area (Å²) in [6, 6.07) is 11.1. The molecule has 1 unspecified atom stereocenters. The van der Waals surface area contributed by atoms with Crippen LogP contribution in [0.25, 0.3) is 11.4 Å². The molecule has 1 heterocycles. The number of hydrogen-bond acceptors (Lipinski definition) is 6. The third-order valence-electron chi connectivity index (χ3n) is 5.22. The fraction of sp³-hybridized carbons (Fsp3) is 0.318. The largest absolute Gasteiger partial charge is 0.416 e. The highest BCUT2D eigenvalue weighted by Crippen LogP contribution is 2.25. The number of hydrogen-bond donors (Lipinski definition) is 3. The van der Waals surface area contributed by atoms with Crippen LogP contribution in [0.1, 0.15) is 11.6 Å². The summed E-state index contributed by atoms with van der Waals surface area (Å²) in [6.07, 6.45) is -6.95. The maximum absolute atomic E-state index is 13.0. The van der Waals surface area contributed by atoms with Crippen LogP contribution >= 0.6 is 23.2 Å². The lowest BCUT2D eigenvalue weighted by molar-refractivity contribution is -0.207. The Hall–Kier alpha value is -2.91. The van der Waals surface area contributed by atoms with E-state index in [1.807, 2.05) is 0 Å². The monoisotopic (exact) mass is 595 g/mol. The zero-order chi connectivity index (χ0) is 28.3. The van der Waals surface area contributed by atoms with Gasteiger partial charge in [0, 0.05) is 22.2 Å². The molecular formula is C22H22Cl2F3N5O5S. The summed E-state index contributed by atoms with van der Waals surface area (Å²) in [5.74, 6) is -1.04. The number of carbonyl (C=O) groups excluding carboxylic acids is 1. The number of nitrogens with one attached hydrogen (secondary N) is 2. The molecule has 0 radical (unpaired) electrons. The first-order valence-electron chi connectivity index (χ1n) is 10.8. The predicted molar refractivity (Wildman–Crippen MR) is 134 cm³/mol. The molecule has 3 N–H and O–H groups in total. The molecule has 0 aliphatic rings. The number of amides is 1. The molecule has 0 bridgehead atoms. The van der Waals surface area contributed by atoms with E-state index in [4.69, 9.17) is 23.2 Å². The van der Waals surface area contributed by atoms with Gasteiger partial charge >= 0.3 is 11.9 Å². The number of rotatable bonds is 10. The minimum atomic E-state index is -5.01. The Bertz CT molecular complexity index is 1460. The van der Waals surface area contributed by atoms with E-state index in [9.17, 15) is 36.3 Å². The first kappa shape index (κ1) is 29.6. The summed E-state index contributed by atoms with van der Waals surface area (Å²) in [5, 5.41) is 16.7. The minimum Gasteiger partial charge on any atom is -0.382 e. The second-order valence-electron chi connectivity index (χ2n) is 8.20. The quantitative estimate of drug-likeness (QED) is 0.329. The summed E-state index contributed by atoms with van der Waals surface area (Å²) in [6.45, 7) is -2.16. The Morgan fingerprint density at radius 3 is 2.34 bits per heavy atom. The Kier molecular flexibility index (Phi) is 9.26. The molecule has 0 saturated heterocycles. The van der Waals surface area contributed by atoms with Gasteiger partial charge in [-0.1, -0.05) is 41.4 Å². The number of aromatic nitrogens is 3. The van der Waals surface area contributed by atoms with Crippen molar-refractivity contribution < 1.29 is 31.5 Å². The van der Waals surface area contributed by atoms with Gasteiger partial charge in [0.25, 0.3) is 0 Å². The molecule has 38 heavy (non-hydrogen) atoms. The van der Waals surface area contributed by atoms with E-state index in [0.717, 1.165) is 6.26 Å². The van der Waals surface area contributed by atoms with E-state index in [0.29, 0.717) is 19.8 Å². The normalized spacial score (nSPS) is 13.8. The lowest BCUT2D eigenvalue weighted by atomic mass is 10.1. The Morgan fingerprint density at radius 2 is 1.76 bits per heavy atom. The maximum atomic E-state index is 13.0. The standard InChI is InChI=1S/C22H22Cl2F3N5O5S/c1-38(36,37)28-10-17(15-4-2-3-5-16(15)24)29-19(34)12-32-21(35)31(11-18(33)22(25,26)27)20(30-32)13-6-8-14(23)9-7-13/h2-9,17-18,28,33H,10-12H2,1H3,(H,29,34)/t17?,18-/m0/s1. The van der Waals surface area contributed by atoms with Crippen molar-refractivity contribution in [1.29, 1.82) is 0 Å². The molecule has 2 atom stereocenters. The van der Waals surface area contributed by atoms with Crippen molar-refractivity contribution in [1.82, 2.24) is 24.4 Å². The molecule has 10 nitrogen and oxygen atoms in total. The Labute approximate surface area is 225 Å². The molecule has 1 amide bonds. The molecule has 0 spiro atoms. The van der Waals surface area contributed by atoms with E-state index in [2.05, 4.69) is 15.1 Å². The van der Waals surface area contributed by atoms with Crippen molar-refractivity contribution in [2.45, 2.75) is 31.4 Å². The van der Waals surface area contributed by atoms with Crippen LogP contribution in [0.2, 0.25) is 10.0 Å². The van der Waals surface area contributed by atoms with Gasteiger partial charge in [0.2, 0.25) is 15.9 Å². The number of nitrogens with zero attached hydrogens (tertiary/aromatic N) is 3. The number of aliphatic hydroxyl groups is 1. The van der Waals surface area contributed by atoms with Gasteiger partial charge in [-0.2, -0.15) is 13.2 Å². The van der Waals surface area contributed by atoms with Gasteiger partial charge in [0.05, 0.1) is 18.8 Å². The van der Waals surface area contributed by atoms with Crippen molar-refractivity contribution >= 4 is 39.1 Å². The van der Waals surface area contributed by atoms with Crippen LogP contribution in [-0.4, -0.2) is 58.9 Å². The van der Waals surface area contributed by atoms with Crippen molar-refractivity contribution in [3.05, 3.63) is 74.6 Å². The lowest BCUT2D eigenvalue weighted by Crippen LogP contribution is -2.41. The zero-order valence-electron chi connectivity index (χ0n) is 19.6. The van der Waals surface area contributed by atoms with Crippen LogP contribution in [-0.2, 0) is 27.9 Å². The van der Waals surface area contributed by atoms with Crippen molar-refractivity contribution in [3.63, 3.8) is 0 Å². The van der Waals surface area contributed by atoms with Crippen LogP contribution in [0, 0.1) is 0 Å². The van der Waals surface area contributed by atoms with Gasteiger partial charge in [-0.3, -0.25) is 9.36 Å². The van der Waals surface area contributed by atoms with Crippen LogP contribution < -0.4 is 15.7 Å². The molecule has 2 aromatic carbocycles. The van der Waals surface area contributed by atoms with E-state index in [1.54, 1.807) is 18.2 Å². The van der Waals surface area contributed by atoms with Crippen molar-refractivity contribution in [3.8, 4) is 11.4 Å². The SMILES string of the molecule is CS(=O)(=O)NCC(NC(=O)Cn1nc(-c2ccc(Cl)cc2)n(C[C@H](O)C(F)(F)F)c1=O)c1ccccc1Cl. The summed E-state index contributed by atoms with van der Waals surface area (Å²) in [5.41, 5.74) is -0.491. The van der Waals surface area contributed by atoms with Gasteiger partial charge in [0.1, 0.15) is 6.54 Å². The van der Waals surface area contributed by atoms with Gasteiger partial charge < -0.3 is 10.4 Å². The first-order valence-corrected chi connectivity index (χ1v) is 13.5. The van der Waals surface area contributed by atoms with E-state index in [-0.39, 0.29) is 23.0 Å². The highest BCUT2D eigenvalue weighted by molar-refractivity contribution is 7.88. The van der Waals surface area contributed by atoms with E-state index >= 15 is 0 Å². The molecule has 0 fully saturated rings. The molecule has 206 valence electrons. The maximum Gasteiger partial charge on any atom is 0.416 e. The van der Waals surface area contributed by atoms with Gasteiger partial charge in [-0.05, 0) is 35.9 Å². The molecule has 3 rings (SSSR count). The van der Waals surface area contributed by atoms with Crippen LogP contribution in [0.15, 0.2) is 53.3 Å². The van der Waals surface area contributed by atoms with Crippen LogP contribution in [0.4, 0.5) is 13.2 Å². The number of sulfonamides is 1. The second kappa shape index (κ2) is 11.9. The molecule has 0 aliphatic carbocycles. The van der Waals surface area contributed by atoms with Crippen molar-refractivity contribution in [2.24, 2.45) is 0 Å². The molecule has 16 heteroatoms. The summed E-state index contributed by atoms with van der Waals surface area (Å²) in [4.78, 5) is 25.8. The number of aliphatic hydroxyl groups excluding tert-OH is 1. The average Bonchev–Trinajstić information content (AvgIpc) is 3.11. The third-order valence-corrected chi connectivity index (χ3v) is 6.50. The number of carbonyl (C=O) groups is 1. The Morgan fingerprint density at radius 1 is 1.13 bits per heavy atom. The molecule has 0 aliphatic heterocycles. The fourth-order valence-electron chi connectivity index (χ4n) is 3.40. The zero-order valence-corrected chi connectivity index (χ0v) is 21.9. The van der Waals surface area contributed by atoms with Gasteiger partial charge in [-0.15, -0.1) is 5.10 Å². The number of benzene rings is 2.